The largest absolute Gasteiger partial charge is 0.483 e. The lowest BCUT2D eigenvalue weighted by molar-refractivity contribution is -0.153. The number of aliphatic hydroxyl groups excluding tert-OH is 1. The zero-order chi connectivity index (χ0) is 23.5. The minimum atomic E-state index is -4.65. The van der Waals surface area contributed by atoms with Gasteiger partial charge in [-0.3, -0.25) is 4.57 Å². The van der Waals surface area contributed by atoms with Crippen LogP contribution in [0.3, 0.4) is 0 Å². The van der Waals surface area contributed by atoms with Gasteiger partial charge in [-0.1, -0.05) is 29.8 Å². The minimum absolute atomic E-state index is 0.0233. The summed E-state index contributed by atoms with van der Waals surface area (Å²) in [6.07, 6.45) is -0.438. The zero-order valence-electron chi connectivity index (χ0n) is 16.6. The molecule has 12 heteroatoms. The lowest BCUT2D eigenvalue weighted by Gasteiger charge is -2.13. The smallest absolute Gasteiger partial charge is 0.422 e. The molecule has 32 heavy (non-hydrogen) atoms. The van der Waals surface area contributed by atoms with Crippen LogP contribution in [-0.2, 0) is 13.2 Å². The van der Waals surface area contributed by atoms with Gasteiger partial charge in [0.2, 0.25) is 0 Å². The molecule has 1 N–H and O–H groups in total. The molecule has 0 amide bonds. The van der Waals surface area contributed by atoms with Crippen molar-refractivity contribution in [2.24, 2.45) is 0 Å². The molecule has 3 aromatic rings. The Kier molecular flexibility index (Phi) is 6.99. The summed E-state index contributed by atoms with van der Waals surface area (Å²) in [4.78, 5) is 16.4. The third-order valence-corrected chi connectivity index (χ3v) is 4.64. The summed E-state index contributed by atoms with van der Waals surface area (Å²) in [7, 11) is 0. The van der Waals surface area contributed by atoms with Gasteiger partial charge in [-0.05, 0) is 19.1 Å². The summed E-state index contributed by atoms with van der Waals surface area (Å²) in [6.45, 7) is -0.437. The number of ether oxygens (including phenoxy) is 1. The second-order valence-electron chi connectivity index (χ2n) is 6.48. The molecule has 1 aromatic carbocycles. The monoisotopic (exact) mass is 472 g/mol. The minimum Gasteiger partial charge on any atom is -0.483 e. The first kappa shape index (κ1) is 23.5. The third kappa shape index (κ3) is 5.17. The highest BCUT2D eigenvalue weighted by Gasteiger charge is 2.29. The Bertz CT molecular complexity index is 1200. The normalized spacial score (nSPS) is 12.0. The molecule has 0 aliphatic rings. The van der Waals surface area contributed by atoms with Crippen molar-refractivity contribution in [1.82, 2.24) is 19.3 Å². The number of aromatic nitrogens is 4. The van der Waals surface area contributed by atoms with E-state index in [2.05, 4.69) is 10.1 Å². The molecule has 0 spiro atoms. The summed E-state index contributed by atoms with van der Waals surface area (Å²) in [5.41, 5.74) is -0.764. The van der Waals surface area contributed by atoms with Crippen molar-refractivity contribution in [3.63, 3.8) is 0 Å². The number of pyridine rings is 1. The summed E-state index contributed by atoms with van der Waals surface area (Å²) < 4.78 is 59.8. The zero-order valence-corrected chi connectivity index (χ0v) is 17.4. The van der Waals surface area contributed by atoms with Crippen LogP contribution in [0.2, 0.25) is 5.15 Å². The van der Waals surface area contributed by atoms with Crippen molar-refractivity contribution in [2.45, 2.75) is 26.3 Å². The standard InChI is InChI=1S/C20H17ClF4N4O3/c1-2-28-17(10-30)27-29(19(28)31)15-9-16(32-11-20(23,24)25)13(8-14(15)22)6-5-12-4-3-7-26-18(12)21/h3-9,30H,2,10-11H2,1H3/b6-5+. The Labute approximate surface area is 184 Å². The second-order valence-corrected chi connectivity index (χ2v) is 6.83. The van der Waals surface area contributed by atoms with E-state index in [9.17, 15) is 27.5 Å². The molecule has 2 heterocycles. The number of alkyl halides is 3. The fraction of sp³-hybridized carbons (Fsp3) is 0.250. The van der Waals surface area contributed by atoms with E-state index in [1.807, 2.05) is 0 Å². The van der Waals surface area contributed by atoms with Gasteiger partial charge in [0.15, 0.2) is 12.4 Å². The predicted octanol–water partition coefficient (Wildman–Crippen LogP) is 3.85. The Morgan fingerprint density at radius 3 is 2.56 bits per heavy atom. The van der Waals surface area contributed by atoms with Crippen LogP contribution in [-0.4, -0.2) is 37.2 Å². The first-order valence-corrected chi connectivity index (χ1v) is 9.64. The van der Waals surface area contributed by atoms with Crippen molar-refractivity contribution >= 4 is 23.8 Å². The van der Waals surface area contributed by atoms with Crippen LogP contribution in [0.1, 0.15) is 23.9 Å². The fourth-order valence-corrected chi connectivity index (χ4v) is 3.05. The maximum absolute atomic E-state index is 14.9. The van der Waals surface area contributed by atoms with E-state index in [1.54, 1.807) is 19.1 Å². The molecule has 0 bridgehead atoms. The highest BCUT2D eigenvalue weighted by molar-refractivity contribution is 6.30. The Balaban J connectivity index is 2.11. The van der Waals surface area contributed by atoms with Gasteiger partial charge < -0.3 is 9.84 Å². The van der Waals surface area contributed by atoms with Gasteiger partial charge in [-0.15, -0.1) is 5.10 Å². The molecule has 0 radical (unpaired) electrons. The van der Waals surface area contributed by atoms with E-state index in [0.29, 0.717) is 10.2 Å². The van der Waals surface area contributed by atoms with E-state index in [4.69, 9.17) is 16.3 Å². The van der Waals surface area contributed by atoms with Gasteiger partial charge in [-0.25, -0.2) is 14.2 Å². The molecular weight excluding hydrogens is 456 g/mol. The number of rotatable bonds is 7. The van der Waals surface area contributed by atoms with Crippen LogP contribution in [0.15, 0.2) is 35.3 Å². The number of benzene rings is 1. The van der Waals surface area contributed by atoms with Gasteiger partial charge in [0.05, 0.1) is 0 Å². The number of aliphatic hydroxyl groups is 1. The fourth-order valence-electron chi connectivity index (χ4n) is 2.87. The number of hydrogen-bond acceptors (Lipinski definition) is 5. The van der Waals surface area contributed by atoms with E-state index < -0.39 is 36.6 Å². The molecule has 0 unspecified atom stereocenters. The van der Waals surface area contributed by atoms with Gasteiger partial charge in [-0.2, -0.15) is 17.9 Å². The summed E-state index contributed by atoms with van der Waals surface area (Å²) in [5, 5.41) is 13.4. The molecule has 3 rings (SSSR count). The SMILES string of the molecule is CCn1c(CO)nn(-c2cc(OCC(F)(F)F)c(/C=C/c3cccnc3Cl)cc2F)c1=O. The van der Waals surface area contributed by atoms with Crippen molar-refractivity contribution in [2.75, 3.05) is 6.61 Å². The van der Waals surface area contributed by atoms with E-state index in [1.165, 1.54) is 18.3 Å². The maximum atomic E-state index is 14.9. The number of halogens is 5. The van der Waals surface area contributed by atoms with Crippen LogP contribution in [0, 0.1) is 5.82 Å². The molecule has 0 fully saturated rings. The Morgan fingerprint density at radius 1 is 1.25 bits per heavy atom. The molecule has 170 valence electrons. The van der Waals surface area contributed by atoms with Crippen molar-refractivity contribution in [3.8, 4) is 11.4 Å². The second kappa shape index (κ2) is 9.53. The lowest BCUT2D eigenvalue weighted by Crippen LogP contribution is -2.25. The average molecular weight is 473 g/mol. The van der Waals surface area contributed by atoms with Crippen LogP contribution in [0.5, 0.6) is 5.75 Å². The highest BCUT2D eigenvalue weighted by atomic mass is 35.5. The topological polar surface area (TPSA) is 82.2 Å². The predicted molar refractivity (Wildman–Crippen MR) is 109 cm³/mol. The van der Waals surface area contributed by atoms with Gasteiger partial charge in [0.1, 0.15) is 29.0 Å². The van der Waals surface area contributed by atoms with Crippen LogP contribution >= 0.6 is 11.6 Å². The molecule has 2 aromatic heterocycles. The Hall–Kier alpha value is -3.18. The summed E-state index contributed by atoms with van der Waals surface area (Å²) >= 11 is 5.96. The number of hydrogen-bond donors (Lipinski definition) is 1. The van der Waals surface area contributed by atoms with Crippen LogP contribution < -0.4 is 10.4 Å². The molecule has 0 atom stereocenters. The molecule has 0 saturated heterocycles. The molecule has 0 saturated carbocycles. The van der Waals surface area contributed by atoms with Crippen LogP contribution in [0.25, 0.3) is 17.8 Å². The van der Waals surface area contributed by atoms with Gasteiger partial charge >= 0.3 is 11.9 Å². The van der Waals surface area contributed by atoms with E-state index >= 15 is 0 Å². The first-order valence-electron chi connectivity index (χ1n) is 9.26. The number of nitrogens with zero attached hydrogens (tertiary/aromatic N) is 4. The summed E-state index contributed by atoms with van der Waals surface area (Å²) in [6, 6.07) is 5.07. The third-order valence-electron chi connectivity index (χ3n) is 4.33. The quantitative estimate of drug-likeness (QED) is 0.417. The van der Waals surface area contributed by atoms with Crippen molar-refractivity contribution < 1.29 is 27.4 Å². The summed E-state index contributed by atoms with van der Waals surface area (Å²) in [5.74, 6) is -1.29. The Morgan fingerprint density at radius 2 is 1.97 bits per heavy atom. The van der Waals surface area contributed by atoms with E-state index in [-0.39, 0.29) is 28.8 Å². The molecule has 7 nitrogen and oxygen atoms in total. The maximum Gasteiger partial charge on any atom is 0.422 e. The molecule has 0 aliphatic carbocycles. The van der Waals surface area contributed by atoms with Crippen molar-refractivity contribution in [3.05, 3.63) is 68.9 Å². The molecule has 0 aliphatic heterocycles. The van der Waals surface area contributed by atoms with Crippen LogP contribution in [0.4, 0.5) is 17.6 Å². The first-order chi connectivity index (χ1) is 15.1. The average Bonchev–Trinajstić information content (AvgIpc) is 3.07. The van der Waals surface area contributed by atoms with Gasteiger partial charge in [0, 0.05) is 29.9 Å². The van der Waals surface area contributed by atoms with Crippen molar-refractivity contribution in [1.29, 1.82) is 0 Å². The van der Waals surface area contributed by atoms with E-state index in [0.717, 1.165) is 16.7 Å². The molecular formula is C20H17ClF4N4O3. The van der Waals surface area contributed by atoms with Gasteiger partial charge in [0.25, 0.3) is 0 Å². The lowest BCUT2D eigenvalue weighted by atomic mass is 10.1. The highest BCUT2D eigenvalue weighted by Crippen LogP contribution is 2.29.